The van der Waals surface area contributed by atoms with Gasteiger partial charge in [0, 0.05) is 50.7 Å². The van der Waals surface area contributed by atoms with Crippen LogP contribution in [0.15, 0.2) is 30.3 Å². The highest BCUT2D eigenvalue weighted by Gasteiger charge is 2.26. The molecule has 0 atom stereocenters. The number of thiophene rings is 1. The van der Waals surface area contributed by atoms with Crippen LogP contribution in [0.1, 0.15) is 41.1 Å². The van der Waals surface area contributed by atoms with Crippen molar-refractivity contribution >= 4 is 27.4 Å². The van der Waals surface area contributed by atoms with E-state index in [1.165, 1.54) is 53.7 Å². The van der Waals surface area contributed by atoms with Crippen LogP contribution in [-0.2, 0) is 30.7 Å². The van der Waals surface area contributed by atoms with Gasteiger partial charge in [0.05, 0.1) is 25.1 Å². The quantitative estimate of drug-likeness (QED) is 0.551. The molecule has 7 heteroatoms. The van der Waals surface area contributed by atoms with Crippen molar-refractivity contribution in [3.05, 3.63) is 52.2 Å². The maximum absolute atomic E-state index is 5.55. The molecule has 2 aliphatic heterocycles. The lowest BCUT2D eigenvalue weighted by Crippen LogP contribution is -2.36. The van der Waals surface area contributed by atoms with Crippen LogP contribution in [-0.4, -0.2) is 72.3 Å². The first-order valence-electron chi connectivity index (χ1n) is 13.0. The van der Waals surface area contributed by atoms with Crippen LogP contribution in [0.5, 0.6) is 0 Å². The molecule has 3 aliphatic rings. The number of anilines is 1. The number of rotatable bonds is 5. The summed E-state index contributed by atoms with van der Waals surface area (Å²) in [7, 11) is 0. The van der Waals surface area contributed by atoms with Gasteiger partial charge in [-0.15, -0.1) is 11.3 Å². The van der Waals surface area contributed by atoms with Crippen LogP contribution in [0.25, 0.3) is 10.2 Å². The summed E-state index contributed by atoms with van der Waals surface area (Å²) in [5.41, 5.74) is 2.95. The molecule has 0 spiro atoms. The Morgan fingerprint density at radius 1 is 0.794 bits per heavy atom. The number of fused-ring (bicyclic) bond motifs is 3. The van der Waals surface area contributed by atoms with Crippen LogP contribution >= 0.6 is 11.3 Å². The summed E-state index contributed by atoms with van der Waals surface area (Å²) < 4.78 is 5.55. The molecule has 1 aliphatic carbocycles. The van der Waals surface area contributed by atoms with Gasteiger partial charge < -0.3 is 9.64 Å². The predicted octanol–water partition coefficient (Wildman–Crippen LogP) is 4.11. The second-order valence-corrected chi connectivity index (χ2v) is 10.9. The Hall–Kier alpha value is -2.06. The summed E-state index contributed by atoms with van der Waals surface area (Å²) in [4.78, 5) is 20.8. The number of morpholine rings is 1. The van der Waals surface area contributed by atoms with Gasteiger partial charge >= 0.3 is 0 Å². The van der Waals surface area contributed by atoms with Crippen molar-refractivity contribution in [1.82, 2.24) is 19.8 Å². The molecule has 0 saturated carbocycles. The van der Waals surface area contributed by atoms with Gasteiger partial charge in [-0.25, -0.2) is 9.97 Å². The van der Waals surface area contributed by atoms with Crippen LogP contribution in [0.4, 0.5) is 5.82 Å². The van der Waals surface area contributed by atoms with Gasteiger partial charge in [0.15, 0.2) is 0 Å². The van der Waals surface area contributed by atoms with Gasteiger partial charge in [-0.05, 0) is 43.2 Å². The number of nitrogens with zero attached hydrogens (tertiary/aromatic N) is 5. The number of hydrogen-bond acceptors (Lipinski definition) is 7. The van der Waals surface area contributed by atoms with E-state index < -0.39 is 0 Å². The van der Waals surface area contributed by atoms with Crippen molar-refractivity contribution in [2.45, 2.75) is 45.2 Å². The van der Waals surface area contributed by atoms with E-state index in [9.17, 15) is 0 Å². The summed E-state index contributed by atoms with van der Waals surface area (Å²) in [5.74, 6) is 2.18. The summed E-state index contributed by atoms with van der Waals surface area (Å²) in [6.45, 7) is 9.73. The normalized spacial score (nSPS) is 20.4. The summed E-state index contributed by atoms with van der Waals surface area (Å²) in [6.07, 6.45) is 6.16. The molecule has 0 bridgehead atoms. The van der Waals surface area contributed by atoms with E-state index in [1.807, 2.05) is 11.3 Å². The summed E-state index contributed by atoms with van der Waals surface area (Å²) in [5, 5.41) is 1.36. The molecule has 0 radical (unpaired) electrons. The van der Waals surface area contributed by atoms with Crippen molar-refractivity contribution in [2.75, 3.05) is 57.4 Å². The Morgan fingerprint density at radius 2 is 1.62 bits per heavy atom. The zero-order valence-corrected chi connectivity index (χ0v) is 20.9. The van der Waals surface area contributed by atoms with E-state index in [1.54, 1.807) is 10.4 Å². The second-order valence-electron chi connectivity index (χ2n) is 9.85. The van der Waals surface area contributed by atoms with Crippen molar-refractivity contribution in [3.63, 3.8) is 0 Å². The minimum Gasteiger partial charge on any atom is -0.379 e. The van der Waals surface area contributed by atoms with Crippen molar-refractivity contribution in [2.24, 2.45) is 0 Å². The van der Waals surface area contributed by atoms with Gasteiger partial charge in [0.2, 0.25) is 0 Å². The van der Waals surface area contributed by atoms with Gasteiger partial charge in [0.25, 0.3) is 0 Å². The molecule has 6 nitrogen and oxygen atoms in total. The molecule has 2 aromatic heterocycles. The molecule has 1 aromatic carbocycles. The first kappa shape index (κ1) is 22.4. The smallest absolute Gasteiger partial charge is 0.146 e. The fourth-order valence-electron chi connectivity index (χ4n) is 5.62. The maximum atomic E-state index is 5.55. The lowest BCUT2D eigenvalue weighted by Gasteiger charge is -2.27. The van der Waals surface area contributed by atoms with Gasteiger partial charge in [-0.2, -0.15) is 0 Å². The van der Waals surface area contributed by atoms with E-state index in [0.717, 1.165) is 71.4 Å². The monoisotopic (exact) mass is 477 g/mol. The van der Waals surface area contributed by atoms with E-state index in [2.05, 4.69) is 45.0 Å². The van der Waals surface area contributed by atoms with Crippen LogP contribution < -0.4 is 4.90 Å². The highest BCUT2D eigenvalue weighted by atomic mass is 32.1. The molecular formula is C27H35N5OS. The molecule has 0 unspecified atom stereocenters. The van der Waals surface area contributed by atoms with Gasteiger partial charge in [0.1, 0.15) is 16.5 Å². The third-order valence-electron chi connectivity index (χ3n) is 7.45. The highest BCUT2D eigenvalue weighted by Crippen LogP contribution is 2.40. The largest absolute Gasteiger partial charge is 0.379 e. The molecule has 3 aromatic rings. The number of hydrogen-bond donors (Lipinski definition) is 0. The fraction of sp³-hybridized carbons (Fsp3) is 0.556. The zero-order chi connectivity index (χ0) is 22.7. The first-order valence-corrected chi connectivity index (χ1v) is 13.8. The Balaban J connectivity index is 1.29. The van der Waals surface area contributed by atoms with Crippen molar-refractivity contribution in [1.29, 1.82) is 0 Å². The molecule has 2 saturated heterocycles. The first-order chi connectivity index (χ1) is 16.8. The van der Waals surface area contributed by atoms with Crippen LogP contribution in [0.3, 0.4) is 0 Å². The maximum Gasteiger partial charge on any atom is 0.146 e. The Bertz CT molecular complexity index is 1110. The van der Waals surface area contributed by atoms with E-state index in [0.29, 0.717) is 0 Å². The number of aryl methyl sites for hydroxylation is 2. The summed E-state index contributed by atoms with van der Waals surface area (Å²) >= 11 is 1.93. The fourth-order valence-corrected chi connectivity index (χ4v) is 6.90. The molecular weight excluding hydrogens is 442 g/mol. The van der Waals surface area contributed by atoms with Crippen molar-refractivity contribution < 1.29 is 4.74 Å². The van der Waals surface area contributed by atoms with E-state index in [4.69, 9.17) is 14.7 Å². The molecule has 0 N–H and O–H groups in total. The third-order valence-corrected chi connectivity index (χ3v) is 8.63. The average Bonchev–Trinajstić information content (AvgIpc) is 3.09. The molecule has 0 amide bonds. The molecule has 6 rings (SSSR count). The number of benzene rings is 1. The average molecular weight is 478 g/mol. The molecule has 2 fully saturated rings. The SMILES string of the molecule is c1ccc(CN2CCCN(c3nc(CN4CCOCC4)nc4sc5c(c34)CCCC5)CC2)cc1. The third kappa shape index (κ3) is 4.85. The lowest BCUT2D eigenvalue weighted by molar-refractivity contribution is 0.0331. The topological polar surface area (TPSA) is 44.7 Å². The van der Waals surface area contributed by atoms with Gasteiger partial charge in [-0.1, -0.05) is 30.3 Å². The summed E-state index contributed by atoms with van der Waals surface area (Å²) in [6, 6.07) is 10.9. The Morgan fingerprint density at radius 3 is 2.50 bits per heavy atom. The zero-order valence-electron chi connectivity index (χ0n) is 20.0. The predicted molar refractivity (Wildman–Crippen MR) is 139 cm³/mol. The second kappa shape index (κ2) is 10.3. The Labute approximate surface area is 206 Å². The van der Waals surface area contributed by atoms with Gasteiger partial charge in [-0.3, -0.25) is 9.80 Å². The van der Waals surface area contributed by atoms with Crippen molar-refractivity contribution in [3.8, 4) is 0 Å². The van der Waals surface area contributed by atoms with E-state index in [-0.39, 0.29) is 0 Å². The lowest BCUT2D eigenvalue weighted by atomic mass is 9.97. The van der Waals surface area contributed by atoms with Crippen LogP contribution in [0.2, 0.25) is 0 Å². The standard InChI is InChI=1S/C27H35N5OS/c1-2-7-21(8-3-1)19-30-11-6-12-32(14-13-30)26-25-22-9-4-5-10-23(22)34-27(25)29-24(28-26)20-31-15-17-33-18-16-31/h1-3,7-8H,4-6,9-20H2. The number of aromatic nitrogens is 2. The molecule has 34 heavy (non-hydrogen) atoms. The van der Waals surface area contributed by atoms with Crippen LogP contribution in [0, 0.1) is 0 Å². The molecule has 4 heterocycles. The van der Waals surface area contributed by atoms with E-state index >= 15 is 0 Å². The number of ether oxygens (including phenoxy) is 1. The Kier molecular flexibility index (Phi) is 6.78. The highest BCUT2D eigenvalue weighted by molar-refractivity contribution is 7.19. The molecule has 180 valence electrons. The minimum atomic E-state index is 0.811. The minimum absolute atomic E-state index is 0.811.